The first kappa shape index (κ1) is 17.4. The molecule has 0 radical (unpaired) electrons. The molecule has 1 aromatic carbocycles. The van der Waals surface area contributed by atoms with Crippen LogP contribution in [-0.2, 0) is 16.0 Å². The summed E-state index contributed by atoms with van der Waals surface area (Å²) in [6.45, 7) is 0. The Bertz CT molecular complexity index is 670. The first-order valence-corrected chi connectivity index (χ1v) is 6.05. The Kier molecular flexibility index (Phi) is 5.85. The molecule has 0 aliphatic heterocycles. The summed E-state index contributed by atoms with van der Waals surface area (Å²) in [5.41, 5.74) is 1.91. The normalized spacial score (nSPS) is 10.7. The van der Waals surface area contributed by atoms with Gasteiger partial charge in [0.15, 0.2) is 0 Å². The van der Waals surface area contributed by atoms with Crippen LogP contribution >= 0.6 is 0 Å². The van der Waals surface area contributed by atoms with Crippen molar-refractivity contribution in [3.63, 3.8) is 0 Å². The number of benzene rings is 1. The number of hydrogen-bond acceptors (Lipinski definition) is 3. The monoisotopic (exact) mass is 315 g/mol. The Morgan fingerprint density at radius 3 is 2.27 bits per heavy atom. The standard InChI is InChI=1S/C12H11NO2.C2HF3O2/c14-12(15)6-5-9-7-10-3-1-2-4-11(10)13-8-9;3-2(4,5)1(6)7/h1-4,7-8H,5-6H2,(H,14,15);(H,6,7). The van der Waals surface area contributed by atoms with Gasteiger partial charge >= 0.3 is 18.1 Å². The zero-order chi connectivity index (χ0) is 16.8. The van der Waals surface area contributed by atoms with E-state index in [-0.39, 0.29) is 6.42 Å². The number of aryl methyl sites for hydroxylation is 1. The van der Waals surface area contributed by atoms with Crippen LogP contribution in [0.1, 0.15) is 12.0 Å². The zero-order valence-corrected chi connectivity index (χ0v) is 11.2. The van der Waals surface area contributed by atoms with Crippen molar-refractivity contribution in [3.8, 4) is 0 Å². The number of para-hydroxylation sites is 1. The summed E-state index contributed by atoms with van der Waals surface area (Å²) in [5.74, 6) is -3.53. The largest absolute Gasteiger partial charge is 0.490 e. The average molecular weight is 315 g/mol. The lowest BCUT2D eigenvalue weighted by molar-refractivity contribution is -0.192. The maximum Gasteiger partial charge on any atom is 0.490 e. The molecule has 0 aliphatic rings. The third-order valence-corrected chi connectivity index (χ3v) is 2.52. The number of halogens is 3. The van der Waals surface area contributed by atoms with Crippen LogP contribution in [0.2, 0.25) is 0 Å². The highest BCUT2D eigenvalue weighted by atomic mass is 19.4. The number of rotatable bonds is 3. The molecule has 0 spiro atoms. The van der Waals surface area contributed by atoms with Crippen LogP contribution in [0.15, 0.2) is 36.5 Å². The Labute approximate surface area is 123 Å². The lowest BCUT2D eigenvalue weighted by Gasteiger charge is -2.00. The van der Waals surface area contributed by atoms with E-state index >= 15 is 0 Å². The van der Waals surface area contributed by atoms with Crippen molar-refractivity contribution in [2.24, 2.45) is 0 Å². The van der Waals surface area contributed by atoms with Crippen molar-refractivity contribution >= 4 is 22.8 Å². The van der Waals surface area contributed by atoms with Gasteiger partial charge in [-0.15, -0.1) is 0 Å². The van der Waals surface area contributed by atoms with E-state index in [0.29, 0.717) is 6.42 Å². The highest BCUT2D eigenvalue weighted by Gasteiger charge is 2.38. The number of hydrogen-bond donors (Lipinski definition) is 2. The minimum absolute atomic E-state index is 0.153. The summed E-state index contributed by atoms with van der Waals surface area (Å²) in [6, 6.07) is 9.80. The number of fused-ring (bicyclic) bond motifs is 1. The van der Waals surface area contributed by atoms with E-state index in [2.05, 4.69) is 4.98 Å². The molecule has 0 aliphatic carbocycles. The third-order valence-electron chi connectivity index (χ3n) is 2.52. The molecule has 0 saturated heterocycles. The zero-order valence-electron chi connectivity index (χ0n) is 11.2. The van der Waals surface area contributed by atoms with E-state index in [9.17, 15) is 18.0 Å². The fourth-order valence-corrected chi connectivity index (χ4v) is 1.50. The molecule has 0 saturated carbocycles. The molecule has 5 nitrogen and oxygen atoms in total. The van der Waals surface area contributed by atoms with Gasteiger partial charge in [-0.1, -0.05) is 18.2 Å². The number of carboxylic acids is 2. The van der Waals surface area contributed by atoms with E-state index in [1.54, 1.807) is 6.20 Å². The minimum atomic E-state index is -5.08. The van der Waals surface area contributed by atoms with E-state index in [1.807, 2.05) is 30.3 Å². The summed E-state index contributed by atoms with van der Waals surface area (Å²) in [7, 11) is 0. The molecule has 1 aromatic heterocycles. The number of aliphatic carboxylic acids is 2. The second-order valence-corrected chi connectivity index (χ2v) is 4.23. The molecule has 0 atom stereocenters. The molecule has 8 heteroatoms. The van der Waals surface area contributed by atoms with Crippen molar-refractivity contribution in [3.05, 3.63) is 42.1 Å². The van der Waals surface area contributed by atoms with Gasteiger partial charge in [0.2, 0.25) is 0 Å². The van der Waals surface area contributed by atoms with Gasteiger partial charge in [0.05, 0.1) is 5.52 Å². The van der Waals surface area contributed by atoms with Crippen LogP contribution in [0, 0.1) is 0 Å². The summed E-state index contributed by atoms with van der Waals surface area (Å²) >= 11 is 0. The molecule has 22 heavy (non-hydrogen) atoms. The summed E-state index contributed by atoms with van der Waals surface area (Å²) in [5, 5.41) is 16.7. The molecular weight excluding hydrogens is 303 g/mol. The van der Waals surface area contributed by atoms with Crippen LogP contribution < -0.4 is 0 Å². The second kappa shape index (κ2) is 7.39. The molecule has 0 unspecified atom stereocenters. The summed E-state index contributed by atoms with van der Waals surface area (Å²) in [6.07, 6.45) is -2.65. The van der Waals surface area contributed by atoms with Crippen molar-refractivity contribution < 1.29 is 33.0 Å². The number of alkyl halides is 3. The lowest BCUT2D eigenvalue weighted by atomic mass is 10.1. The van der Waals surface area contributed by atoms with Gasteiger partial charge in [-0.2, -0.15) is 13.2 Å². The number of nitrogens with zero attached hydrogens (tertiary/aromatic N) is 1. The van der Waals surface area contributed by atoms with Crippen LogP contribution in [0.3, 0.4) is 0 Å². The van der Waals surface area contributed by atoms with Gasteiger partial charge in [-0.25, -0.2) is 4.79 Å². The maximum absolute atomic E-state index is 10.6. The fourth-order valence-electron chi connectivity index (χ4n) is 1.50. The average Bonchev–Trinajstić information content (AvgIpc) is 2.44. The smallest absolute Gasteiger partial charge is 0.481 e. The molecule has 0 amide bonds. The first-order valence-electron chi connectivity index (χ1n) is 6.05. The van der Waals surface area contributed by atoms with Crippen LogP contribution in [-0.4, -0.2) is 33.3 Å². The quantitative estimate of drug-likeness (QED) is 0.909. The van der Waals surface area contributed by atoms with E-state index in [0.717, 1.165) is 16.5 Å². The third kappa shape index (κ3) is 5.78. The van der Waals surface area contributed by atoms with Crippen molar-refractivity contribution in [1.82, 2.24) is 4.98 Å². The molecule has 2 aromatic rings. The predicted octanol–water partition coefficient (Wildman–Crippen LogP) is 2.89. The highest BCUT2D eigenvalue weighted by Crippen LogP contribution is 2.14. The molecular formula is C14H12F3NO4. The Morgan fingerprint density at radius 2 is 1.73 bits per heavy atom. The molecule has 0 fully saturated rings. The lowest BCUT2D eigenvalue weighted by Crippen LogP contribution is -2.21. The van der Waals surface area contributed by atoms with Gasteiger partial charge in [0, 0.05) is 18.0 Å². The van der Waals surface area contributed by atoms with Gasteiger partial charge in [-0.05, 0) is 24.1 Å². The highest BCUT2D eigenvalue weighted by molar-refractivity contribution is 5.78. The Balaban J connectivity index is 0.000000295. The van der Waals surface area contributed by atoms with Gasteiger partial charge in [0.1, 0.15) is 0 Å². The SMILES string of the molecule is O=C(O)C(F)(F)F.O=C(O)CCc1cnc2ccccc2c1. The van der Waals surface area contributed by atoms with Crippen molar-refractivity contribution in [2.75, 3.05) is 0 Å². The molecule has 0 bridgehead atoms. The minimum Gasteiger partial charge on any atom is -0.481 e. The van der Waals surface area contributed by atoms with Crippen LogP contribution in [0.25, 0.3) is 10.9 Å². The second-order valence-electron chi connectivity index (χ2n) is 4.23. The van der Waals surface area contributed by atoms with Crippen LogP contribution in [0.5, 0.6) is 0 Å². The summed E-state index contributed by atoms with van der Waals surface area (Å²) in [4.78, 5) is 23.6. The molecule has 2 rings (SSSR count). The molecule has 1 heterocycles. The summed E-state index contributed by atoms with van der Waals surface area (Å²) < 4.78 is 31.7. The number of pyridine rings is 1. The maximum atomic E-state index is 10.6. The van der Waals surface area contributed by atoms with Crippen molar-refractivity contribution in [2.45, 2.75) is 19.0 Å². The van der Waals surface area contributed by atoms with E-state index in [4.69, 9.17) is 15.0 Å². The fraction of sp³-hybridized carbons (Fsp3) is 0.214. The van der Waals surface area contributed by atoms with Crippen molar-refractivity contribution in [1.29, 1.82) is 0 Å². The topological polar surface area (TPSA) is 87.5 Å². The van der Waals surface area contributed by atoms with Gasteiger partial charge in [0.25, 0.3) is 0 Å². The number of carbonyl (C=O) groups is 2. The number of carboxylic acid groups (broad SMARTS) is 2. The van der Waals surface area contributed by atoms with E-state index < -0.39 is 18.1 Å². The van der Waals surface area contributed by atoms with Crippen LogP contribution in [0.4, 0.5) is 13.2 Å². The molecule has 118 valence electrons. The Hall–Kier alpha value is -2.64. The van der Waals surface area contributed by atoms with E-state index in [1.165, 1.54) is 0 Å². The van der Waals surface area contributed by atoms with Gasteiger partial charge < -0.3 is 10.2 Å². The first-order chi connectivity index (χ1) is 10.2. The molecule has 2 N–H and O–H groups in total. The Morgan fingerprint density at radius 1 is 1.14 bits per heavy atom. The number of aromatic nitrogens is 1. The predicted molar refractivity (Wildman–Crippen MR) is 71.4 cm³/mol. The van der Waals surface area contributed by atoms with Gasteiger partial charge in [-0.3, -0.25) is 9.78 Å².